The van der Waals surface area contributed by atoms with E-state index in [0.29, 0.717) is 12.1 Å². The van der Waals surface area contributed by atoms with Crippen LogP contribution in [-0.2, 0) is 29.9 Å². The molecule has 0 amide bonds. The first kappa shape index (κ1) is 46.1. The number of hydrogen-bond donors (Lipinski definition) is 2. The van der Waals surface area contributed by atoms with Crippen LogP contribution in [0.15, 0.2) is 170 Å². The Morgan fingerprint density at radius 1 is 0.531 bits per heavy atom. The summed E-state index contributed by atoms with van der Waals surface area (Å²) in [6.07, 6.45) is 12.5. The van der Waals surface area contributed by atoms with Gasteiger partial charge in [-0.2, -0.15) is 5.26 Å². The Kier molecular flexibility index (Phi) is 15.7. The molecular formula is C57H62FeN4P2+5. The Hall–Kier alpha value is -4.40. The number of nitriles is 1. The van der Waals surface area contributed by atoms with E-state index in [-0.39, 0.29) is 34.7 Å². The molecule has 4 bridgehead atoms. The normalized spacial score (nSPS) is 25.7. The van der Waals surface area contributed by atoms with Crippen LogP contribution in [0.2, 0.25) is 0 Å². The van der Waals surface area contributed by atoms with E-state index in [1.54, 1.807) is 6.07 Å². The third kappa shape index (κ3) is 10.7. The minimum absolute atomic E-state index is 0. The third-order valence-electron chi connectivity index (χ3n) is 14.5. The van der Waals surface area contributed by atoms with Crippen molar-refractivity contribution < 1.29 is 17.1 Å². The van der Waals surface area contributed by atoms with Gasteiger partial charge in [0.15, 0.2) is 0 Å². The molecule has 7 heteroatoms. The fraction of sp³-hybridized carbons (Fsp3) is 0.333. The molecule has 4 fully saturated rings. The van der Waals surface area contributed by atoms with E-state index in [4.69, 9.17) is 11.8 Å². The topological polar surface area (TPSA) is 52.2 Å². The fourth-order valence-corrected chi connectivity index (χ4v) is 17.8. The fourth-order valence-electron chi connectivity index (χ4n) is 12.3. The van der Waals surface area contributed by atoms with Crippen LogP contribution in [0.5, 0.6) is 0 Å². The standard InChI is InChI=1S/C44H42N2P2.C11H15N.C2H3N.Fe/c1-5-19-37(20-6-1)47(38-21-7-2-8-22-38)31-35-29-33-17-13-15-27-41(33)43(45-35)44-42-28-16-14-18-34(42)30-36(46-44)32-48(39-23-9-3-10-24-39)40-25-11-4-12-26-40;1-12-11-5-8-2-9(6-11)4-10(3-8)7-11;1-2-3;/h1-28,35-36,43-46H,29-32H2;8-10H,2-7H2;1H3;/q;;;+3/p+2/t35-,36-,43-,44-;;;/m0.../s1. The molecule has 2 heterocycles. The summed E-state index contributed by atoms with van der Waals surface area (Å²) in [6.45, 7) is 8.74. The Morgan fingerprint density at radius 2 is 0.828 bits per heavy atom. The number of hydrogen-bond acceptors (Lipinski definition) is 3. The SMILES string of the molecule is CC#N.[C-]#[N+]C12CC3CC(CC(C3)C1)C2.[Fe+3].c1ccc([PH+](C[C@@H]2Cc3ccccc3[C@@H]([C@H]3N[C@H](C[PH+](c4ccccc4)c4ccccc4)Cc4ccccc43)N2)c2ccccc2)cc1. The quantitative estimate of drug-likeness (QED) is 0.0863. The summed E-state index contributed by atoms with van der Waals surface area (Å²) < 4.78 is 0. The van der Waals surface area contributed by atoms with Crippen molar-refractivity contribution in [2.24, 2.45) is 17.8 Å². The molecule has 4 saturated carbocycles. The molecule has 4 aliphatic carbocycles. The minimum atomic E-state index is -0.979. The van der Waals surface area contributed by atoms with Crippen molar-refractivity contribution >= 4 is 37.1 Å². The molecule has 0 unspecified atom stereocenters. The maximum absolute atomic E-state index is 7.32. The number of nitrogens with one attached hydrogen (secondary N) is 2. The summed E-state index contributed by atoms with van der Waals surface area (Å²) in [7, 11) is -1.96. The van der Waals surface area contributed by atoms with E-state index >= 15 is 0 Å². The van der Waals surface area contributed by atoms with E-state index in [2.05, 4.69) is 185 Å². The average molecular weight is 921 g/mol. The zero-order valence-electron chi connectivity index (χ0n) is 37.0. The van der Waals surface area contributed by atoms with Gasteiger partial charge in [-0.3, -0.25) is 0 Å². The summed E-state index contributed by atoms with van der Waals surface area (Å²) in [5, 5.41) is 21.9. The molecule has 2 N–H and O–H groups in total. The van der Waals surface area contributed by atoms with Crippen LogP contribution in [0.25, 0.3) is 4.85 Å². The Morgan fingerprint density at radius 3 is 1.14 bits per heavy atom. The molecule has 4 nitrogen and oxygen atoms in total. The molecule has 6 aliphatic rings. The Bertz CT molecular complexity index is 2230. The summed E-state index contributed by atoms with van der Waals surface area (Å²) in [5.74, 6) is 2.81. The largest absolute Gasteiger partial charge is 3.00 e. The van der Waals surface area contributed by atoms with Crippen LogP contribution >= 0.6 is 15.8 Å². The second kappa shape index (κ2) is 21.7. The van der Waals surface area contributed by atoms with Gasteiger partial charge in [-0.25, -0.2) is 6.57 Å². The molecule has 323 valence electrons. The molecule has 0 aromatic heterocycles. The van der Waals surface area contributed by atoms with Crippen molar-refractivity contribution in [3.05, 3.63) is 204 Å². The monoisotopic (exact) mass is 920 g/mol. The average Bonchev–Trinajstić information content (AvgIpc) is 3.33. The van der Waals surface area contributed by atoms with Crippen molar-refractivity contribution in [1.29, 1.82) is 5.26 Å². The molecule has 0 saturated heterocycles. The van der Waals surface area contributed by atoms with E-state index in [0.717, 1.165) is 42.9 Å². The smallest absolute Gasteiger partial charge is 0.310 e. The van der Waals surface area contributed by atoms with Gasteiger partial charge in [0.1, 0.15) is 0 Å². The first-order valence-electron chi connectivity index (χ1n) is 23.3. The zero-order valence-corrected chi connectivity index (χ0v) is 40.1. The van der Waals surface area contributed by atoms with E-state index in [9.17, 15) is 0 Å². The maximum atomic E-state index is 7.32. The van der Waals surface area contributed by atoms with Crippen molar-refractivity contribution in [2.75, 3.05) is 12.3 Å². The van der Waals surface area contributed by atoms with Crippen molar-refractivity contribution in [3.8, 4) is 6.07 Å². The van der Waals surface area contributed by atoms with Gasteiger partial charge >= 0.3 is 17.1 Å². The zero-order chi connectivity index (χ0) is 43.0. The summed E-state index contributed by atoms with van der Waals surface area (Å²) >= 11 is 0. The van der Waals surface area contributed by atoms with Crippen LogP contribution in [-0.4, -0.2) is 29.9 Å². The summed E-state index contributed by atoms with van der Waals surface area (Å²) in [5.41, 5.74) is 6.02. The summed E-state index contributed by atoms with van der Waals surface area (Å²) in [4.78, 5) is 3.93. The molecule has 4 atom stereocenters. The predicted octanol–water partition coefficient (Wildman–Crippen LogP) is 10.6. The predicted molar refractivity (Wildman–Crippen MR) is 269 cm³/mol. The van der Waals surface area contributed by atoms with E-state index < -0.39 is 15.8 Å². The van der Waals surface area contributed by atoms with Crippen LogP contribution < -0.4 is 31.9 Å². The second-order valence-corrected chi connectivity index (χ2v) is 23.8. The molecule has 1 radical (unpaired) electrons. The van der Waals surface area contributed by atoms with Gasteiger partial charge in [-0.05, 0) is 121 Å². The first-order chi connectivity index (χ1) is 31.0. The van der Waals surface area contributed by atoms with Gasteiger partial charge in [0, 0.05) is 38.3 Å². The molecular weight excluding hydrogens is 858 g/mol. The van der Waals surface area contributed by atoms with Crippen LogP contribution in [0.4, 0.5) is 0 Å². The maximum Gasteiger partial charge on any atom is 3.00 e. The van der Waals surface area contributed by atoms with Gasteiger partial charge in [0.25, 0.3) is 0 Å². The van der Waals surface area contributed by atoms with Gasteiger partial charge in [-0.1, -0.05) is 121 Å². The van der Waals surface area contributed by atoms with Gasteiger partial charge in [-0.15, -0.1) is 0 Å². The minimum Gasteiger partial charge on any atom is -0.310 e. The second-order valence-electron chi connectivity index (χ2n) is 18.8. The van der Waals surface area contributed by atoms with Crippen molar-refractivity contribution in [1.82, 2.24) is 10.6 Å². The van der Waals surface area contributed by atoms with E-state index in [1.165, 1.54) is 88.9 Å². The molecule has 12 rings (SSSR count). The number of nitrogens with zero attached hydrogens (tertiary/aromatic N) is 2. The number of benzene rings is 6. The van der Waals surface area contributed by atoms with Gasteiger partial charge < -0.3 is 15.5 Å². The van der Waals surface area contributed by atoms with Crippen molar-refractivity contribution in [2.45, 2.75) is 88.0 Å². The number of rotatable bonds is 9. The third-order valence-corrected chi connectivity index (χ3v) is 20.4. The van der Waals surface area contributed by atoms with Crippen LogP contribution in [0, 0.1) is 35.7 Å². The molecule has 6 aromatic carbocycles. The van der Waals surface area contributed by atoms with Crippen LogP contribution in [0.3, 0.4) is 0 Å². The Labute approximate surface area is 395 Å². The van der Waals surface area contributed by atoms with Gasteiger partial charge in [0.2, 0.25) is 5.54 Å². The Balaban J connectivity index is 0.000000295. The molecule has 2 aliphatic heterocycles. The van der Waals surface area contributed by atoms with Crippen molar-refractivity contribution in [3.63, 3.8) is 0 Å². The molecule has 0 spiro atoms. The molecule has 6 aromatic rings. The summed E-state index contributed by atoms with van der Waals surface area (Å²) in [6, 6.07) is 66.4. The molecule has 64 heavy (non-hydrogen) atoms. The first-order valence-corrected chi connectivity index (χ1v) is 26.7. The number of fused-ring (bicyclic) bond motifs is 2. The van der Waals surface area contributed by atoms with E-state index in [1.807, 2.05) is 0 Å². The van der Waals surface area contributed by atoms with Gasteiger partial charge in [0.05, 0.1) is 67.5 Å². The van der Waals surface area contributed by atoms with Crippen LogP contribution in [0.1, 0.15) is 79.8 Å².